The summed E-state index contributed by atoms with van der Waals surface area (Å²) in [6.45, 7) is 0. The van der Waals surface area contributed by atoms with Crippen molar-refractivity contribution < 1.29 is 14.0 Å². The molecule has 5 heteroatoms. The number of rotatable bonds is 4. The molecule has 1 aliphatic heterocycles. The van der Waals surface area contributed by atoms with Gasteiger partial charge in [0.2, 0.25) is 0 Å². The molecule has 0 unspecified atom stereocenters. The monoisotopic (exact) mass is 417 g/mol. The number of hydrogen-bond acceptors (Lipinski definition) is 2. The maximum atomic E-state index is 14.9. The third-order valence-corrected chi connectivity index (χ3v) is 5.94. The third kappa shape index (κ3) is 3.04. The molecule has 3 aromatic rings. The second-order valence-electron chi connectivity index (χ2n) is 7.56. The van der Waals surface area contributed by atoms with E-state index in [2.05, 4.69) is 0 Å². The average molecular weight is 418 g/mol. The van der Waals surface area contributed by atoms with Crippen LogP contribution in [0.2, 0.25) is 5.02 Å². The number of halogens is 2. The smallest absolute Gasteiger partial charge is 0.263 e. The van der Waals surface area contributed by atoms with Crippen LogP contribution in [0.1, 0.15) is 45.8 Å². The minimum Gasteiger partial charge on any atom is -0.298 e. The van der Waals surface area contributed by atoms with Gasteiger partial charge in [0.05, 0.1) is 11.3 Å². The van der Waals surface area contributed by atoms with Gasteiger partial charge >= 0.3 is 0 Å². The molecule has 3 nitrogen and oxygen atoms in total. The molecule has 5 rings (SSSR count). The summed E-state index contributed by atoms with van der Waals surface area (Å²) in [6.07, 6.45) is 4.64. The van der Waals surface area contributed by atoms with Gasteiger partial charge in [-0.15, -0.1) is 0 Å². The van der Waals surface area contributed by atoms with Crippen LogP contribution in [0.3, 0.4) is 0 Å². The molecule has 1 amide bonds. The minimum atomic E-state index is -0.459. The fourth-order valence-electron chi connectivity index (χ4n) is 4.00. The van der Waals surface area contributed by atoms with Gasteiger partial charge in [-0.1, -0.05) is 29.8 Å². The third-order valence-electron chi connectivity index (χ3n) is 5.62. The maximum absolute atomic E-state index is 14.9. The van der Waals surface area contributed by atoms with Gasteiger partial charge < -0.3 is 0 Å². The van der Waals surface area contributed by atoms with Crippen LogP contribution >= 0.6 is 11.6 Å². The molecule has 0 N–H and O–H groups in total. The summed E-state index contributed by atoms with van der Waals surface area (Å²) in [5.41, 5.74) is 3.96. The van der Waals surface area contributed by atoms with Crippen molar-refractivity contribution in [2.24, 2.45) is 0 Å². The topological polar surface area (TPSA) is 37.4 Å². The van der Waals surface area contributed by atoms with E-state index >= 15 is 0 Å². The molecule has 1 heterocycles. The molecule has 30 heavy (non-hydrogen) atoms. The molecule has 3 aromatic carbocycles. The molecule has 1 aliphatic carbocycles. The van der Waals surface area contributed by atoms with E-state index in [9.17, 15) is 14.0 Å². The van der Waals surface area contributed by atoms with Crippen LogP contribution < -0.4 is 4.90 Å². The van der Waals surface area contributed by atoms with Crippen LogP contribution in [0.15, 0.2) is 60.7 Å². The number of aldehydes is 1. The molecular weight excluding hydrogens is 401 g/mol. The second kappa shape index (κ2) is 7.22. The number of hydrogen-bond donors (Lipinski definition) is 0. The van der Waals surface area contributed by atoms with E-state index in [-0.39, 0.29) is 17.0 Å². The predicted octanol–water partition coefficient (Wildman–Crippen LogP) is 6.39. The normalized spacial score (nSPS) is 16.8. The molecule has 1 fully saturated rings. The van der Waals surface area contributed by atoms with Crippen molar-refractivity contribution >= 4 is 46.8 Å². The lowest BCUT2D eigenvalue weighted by Gasteiger charge is -2.17. The maximum Gasteiger partial charge on any atom is 0.263 e. The van der Waals surface area contributed by atoms with Crippen LogP contribution in [0, 0.1) is 5.82 Å². The van der Waals surface area contributed by atoms with Crippen LogP contribution in [-0.4, -0.2) is 12.2 Å². The highest BCUT2D eigenvalue weighted by molar-refractivity contribution is 6.39. The minimum absolute atomic E-state index is 0.267. The molecule has 0 radical (unpaired) electrons. The Morgan fingerprint density at radius 3 is 2.43 bits per heavy atom. The number of anilines is 2. The van der Waals surface area contributed by atoms with Crippen LogP contribution in [0.4, 0.5) is 15.8 Å². The van der Waals surface area contributed by atoms with E-state index < -0.39 is 5.82 Å². The van der Waals surface area contributed by atoms with Gasteiger partial charge in [-0.2, -0.15) is 0 Å². The number of amides is 1. The molecular formula is C25H17ClFNO2. The van der Waals surface area contributed by atoms with E-state index in [4.69, 9.17) is 11.6 Å². The molecule has 2 aliphatic rings. The summed E-state index contributed by atoms with van der Waals surface area (Å²) in [5, 5.41) is 0.548. The highest BCUT2D eigenvalue weighted by Gasteiger charge is 2.36. The van der Waals surface area contributed by atoms with E-state index in [1.165, 1.54) is 11.0 Å². The van der Waals surface area contributed by atoms with Crippen LogP contribution in [0.25, 0.3) is 11.6 Å². The standard InChI is InChI=1S/C25H17ClFNO2/c26-21-4-1-3-18(16-9-10-16)19(21)13-20-24-22(27)5-2-6-23(24)28(25(20)30)17-11-7-15(14-29)8-12-17/h1-8,11-14,16H,9-10H2/b20-13+. The zero-order valence-electron chi connectivity index (χ0n) is 15.9. The largest absolute Gasteiger partial charge is 0.298 e. The fraction of sp³-hybridized carbons (Fsp3) is 0.120. The zero-order chi connectivity index (χ0) is 20.8. The molecule has 0 aromatic heterocycles. The van der Waals surface area contributed by atoms with Crippen molar-refractivity contribution in [2.45, 2.75) is 18.8 Å². The van der Waals surface area contributed by atoms with Crippen LogP contribution in [0.5, 0.6) is 0 Å². The Morgan fingerprint density at radius 2 is 1.73 bits per heavy atom. The van der Waals surface area contributed by atoms with Crippen LogP contribution in [-0.2, 0) is 4.79 Å². The zero-order valence-corrected chi connectivity index (χ0v) is 16.7. The second-order valence-corrected chi connectivity index (χ2v) is 7.97. The first kappa shape index (κ1) is 18.8. The number of nitrogens with zero attached hydrogens (tertiary/aromatic N) is 1. The Morgan fingerprint density at radius 1 is 1.00 bits per heavy atom. The van der Waals surface area contributed by atoms with E-state index in [0.29, 0.717) is 27.9 Å². The van der Waals surface area contributed by atoms with E-state index in [1.54, 1.807) is 48.5 Å². The van der Waals surface area contributed by atoms with Gasteiger partial charge in [-0.3, -0.25) is 14.5 Å². The first-order chi connectivity index (χ1) is 14.6. The fourth-order valence-corrected chi connectivity index (χ4v) is 4.23. The Bertz CT molecular complexity index is 1210. The van der Waals surface area contributed by atoms with Crippen molar-refractivity contribution in [2.75, 3.05) is 4.90 Å². The van der Waals surface area contributed by atoms with Gasteiger partial charge in [-0.25, -0.2) is 4.39 Å². The highest BCUT2D eigenvalue weighted by Crippen LogP contribution is 2.47. The lowest BCUT2D eigenvalue weighted by atomic mass is 9.98. The SMILES string of the molecule is O=Cc1ccc(N2C(=O)/C(=C/c3c(Cl)cccc3C3CC3)c3c(F)cccc32)cc1. The summed E-state index contributed by atoms with van der Waals surface area (Å²) in [6, 6.07) is 17.0. The summed E-state index contributed by atoms with van der Waals surface area (Å²) in [7, 11) is 0. The summed E-state index contributed by atoms with van der Waals surface area (Å²) in [4.78, 5) is 25.9. The van der Waals surface area contributed by atoms with Gasteiger partial charge in [0, 0.05) is 21.8 Å². The molecule has 0 spiro atoms. The van der Waals surface area contributed by atoms with E-state index in [1.807, 2.05) is 12.1 Å². The van der Waals surface area contributed by atoms with Gasteiger partial charge in [0.15, 0.2) is 0 Å². The Labute approximate surface area is 178 Å². The Balaban J connectivity index is 1.69. The number of benzene rings is 3. The van der Waals surface area contributed by atoms with Crippen molar-refractivity contribution in [3.63, 3.8) is 0 Å². The molecule has 0 bridgehead atoms. The summed E-state index contributed by atoms with van der Waals surface area (Å²) >= 11 is 6.48. The molecule has 148 valence electrons. The lowest BCUT2D eigenvalue weighted by Crippen LogP contribution is -2.20. The van der Waals surface area contributed by atoms with Crippen molar-refractivity contribution in [3.8, 4) is 0 Å². The van der Waals surface area contributed by atoms with Crippen molar-refractivity contribution in [1.82, 2.24) is 0 Å². The first-order valence-corrected chi connectivity index (χ1v) is 10.1. The Kier molecular flexibility index (Phi) is 4.52. The predicted molar refractivity (Wildman–Crippen MR) is 117 cm³/mol. The van der Waals surface area contributed by atoms with E-state index in [0.717, 1.165) is 30.3 Å². The molecule has 0 saturated heterocycles. The summed E-state index contributed by atoms with van der Waals surface area (Å²) < 4.78 is 14.9. The number of carbonyl (C=O) groups is 2. The number of carbonyl (C=O) groups excluding carboxylic acids is 2. The van der Waals surface area contributed by atoms with Gasteiger partial charge in [-0.05, 0) is 78.4 Å². The van der Waals surface area contributed by atoms with Crippen molar-refractivity contribution in [3.05, 3.63) is 93.8 Å². The molecule has 0 atom stereocenters. The summed E-state index contributed by atoms with van der Waals surface area (Å²) in [5.74, 6) is -0.353. The first-order valence-electron chi connectivity index (χ1n) is 9.77. The Hall–Kier alpha value is -3.24. The quantitative estimate of drug-likeness (QED) is 0.364. The average Bonchev–Trinajstić information content (AvgIpc) is 3.55. The van der Waals surface area contributed by atoms with Gasteiger partial charge in [0.25, 0.3) is 5.91 Å². The van der Waals surface area contributed by atoms with Gasteiger partial charge in [0.1, 0.15) is 12.1 Å². The highest BCUT2D eigenvalue weighted by atomic mass is 35.5. The molecule has 1 saturated carbocycles. The number of fused-ring (bicyclic) bond motifs is 1. The lowest BCUT2D eigenvalue weighted by molar-refractivity contribution is -0.112. The van der Waals surface area contributed by atoms with Crippen molar-refractivity contribution in [1.29, 1.82) is 0 Å².